The van der Waals surface area contributed by atoms with E-state index in [1.54, 1.807) is 23.5 Å². The third-order valence-corrected chi connectivity index (χ3v) is 8.47. The van der Waals surface area contributed by atoms with Gasteiger partial charge < -0.3 is 25.2 Å². The summed E-state index contributed by atoms with van der Waals surface area (Å²) in [5.41, 5.74) is 6.92. The highest BCUT2D eigenvalue weighted by Crippen LogP contribution is 2.48. The lowest BCUT2D eigenvalue weighted by molar-refractivity contribution is -0.119. The van der Waals surface area contributed by atoms with Crippen molar-refractivity contribution in [1.29, 1.82) is 5.26 Å². The van der Waals surface area contributed by atoms with Crippen molar-refractivity contribution in [2.24, 2.45) is 10.7 Å². The van der Waals surface area contributed by atoms with Gasteiger partial charge in [-0.05, 0) is 65.0 Å². The molecule has 12 heteroatoms. The molecule has 1 saturated heterocycles. The first-order valence-electron chi connectivity index (χ1n) is 14.2. The first kappa shape index (κ1) is 31.0. The summed E-state index contributed by atoms with van der Waals surface area (Å²) in [6.07, 6.45) is 7.40. The van der Waals surface area contributed by atoms with Crippen molar-refractivity contribution in [1.82, 2.24) is 19.8 Å². The average molecular weight is 593 g/mol. The first-order valence-corrected chi connectivity index (χ1v) is 15.0. The van der Waals surface area contributed by atoms with Crippen molar-refractivity contribution in [2.75, 3.05) is 45.2 Å². The van der Waals surface area contributed by atoms with Gasteiger partial charge in [0, 0.05) is 57.4 Å². The number of carbonyl (C=O) groups is 2. The number of ether oxygens (including phenoxy) is 1. The molecule has 4 rings (SSSR count). The van der Waals surface area contributed by atoms with Crippen LogP contribution in [0.25, 0.3) is 5.70 Å². The summed E-state index contributed by atoms with van der Waals surface area (Å²) in [6, 6.07) is 3.99. The van der Waals surface area contributed by atoms with Crippen molar-refractivity contribution in [2.45, 2.75) is 64.4 Å². The summed E-state index contributed by atoms with van der Waals surface area (Å²) < 4.78 is 5.53. The van der Waals surface area contributed by atoms with Crippen LogP contribution in [0.4, 0.5) is 15.7 Å². The molecule has 2 N–H and O–H groups in total. The number of rotatable bonds is 6. The zero-order valence-electron chi connectivity index (χ0n) is 25.3. The zero-order chi connectivity index (χ0) is 30.7. The third kappa shape index (κ3) is 6.90. The highest BCUT2D eigenvalue weighted by Gasteiger charge is 2.42. The zero-order valence-corrected chi connectivity index (χ0v) is 26.1. The van der Waals surface area contributed by atoms with Crippen molar-refractivity contribution < 1.29 is 14.3 Å². The molecular weight excluding hydrogens is 552 g/mol. The molecule has 2 aromatic heterocycles. The van der Waals surface area contributed by atoms with Gasteiger partial charge in [0.25, 0.3) is 0 Å². The fourth-order valence-electron chi connectivity index (χ4n) is 5.22. The summed E-state index contributed by atoms with van der Waals surface area (Å²) in [6.45, 7) is 9.72. The molecular formula is C30H40N8O3S. The maximum atomic E-state index is 13.8. The van der Waals surface area contributed by atoms with E-state index in [9.17, 15) is 14.9 Å². The number of hydrogen-bond donors (Lipinski definition) is 1. The van der Waals surface area contributed by atoms with Crippen LogP contribution in [0.1, 0.15) is 68.7 Å². The Morgan fingerprint density at radius 3 is 2.69 bits per heavy atom. The Labute approximate surface area is 251 Å². The number of nitrogens with zero attached hydrogens (tertiary/aromatic N) is 7. The molecule has 0 saturated carbocycles. The van der Waals surface area contributed by atoms with Crippen LogP contribution in [0.3, 0.4) is 0 Å². The van der Waals surface area contributed by atoms with Crippen LogP contribution < -0.4 is 10.6 Å². The van der Waals surface area contributed by atoms with E-state index >= 15 is 0 Å². The van der Waals surface area contributed by atoms with Crippen LogP contribution in [0, 0.1) is 11.3 Å². The second kappa shape index (κ2) is 12.5. The quantitative estimate of drug-likeness (QED) is 0.296. The predicted molar refractivity (Wildman–Crippen MR) is 165 cm³/mol. The fourth-order valence-corrected chi connectivity index (χ4v) is 6.48. The molecule has 0 spiro atoms. The van der Waals surface area contributed by atoms with Gasteiger partial charge in [0.05, 0.1) is 28.7 Å². The minimum atomic E-state index is -0.891. The summed E-state index contributed by atoms with van der Waals surface area (Å²) in [4.78, 5) is 46.6. The fraction of sp³-hybridized carbons (Fsp3) is 0.533. The number of ketones is 1. The van der Waals surface area contributed by atoms with E-state index in [0.29, 0.717) is 54.8 Å². The number of nitriles is 1. The van der Waals surface area contributed by atoms with Crippen LogP contribution in [-0.4, -0.2) is 83.9 Å². The molecule has 3 heterocycles. The molecule has 1 atom stereocenters. The van der Waals surface area contributed by atoms with E-state index in [2.05, 4.69) is 21.0 Å². The van der Waals surface area contributed by atoms with E-state index in [4.69, 9.17) is 10.5 Å². The number of amides is 1. The summed E-state index contributed by atoms with van der Waals surface area (Å²) in [5, 5.41) is 10.7. The van der Waals surface area contributed by atoms with E-state index in [-0.39, 0.29) is 17.6 Å². The van der Waals surface area contributed by atoms with Crippen molar-refractivity contribution in [3.05, 3.63) is 40.0 Å². The normalized spacial score (nSPS) is 19.7. The second-order valence-electron chi connectivity index (χ2n) is 12.1. The number of nitrogens with two attached hydrogens (primary N) is 1. The summed E-state index contributed by atoms with van der Waals surface area (Å²) in [5.74, 6) is 0.322. The van der Waals surface area contributed by atoms with Gasteiger partial charge in [-0.15, -0.1) is 11.3 Å². The molecule has 0 bridgehead atoms. The molecule has 0 radical (unpaired) electrons. The van der Waals surface area contributed by atoms with Gasteiger partial charge in [-0.25, -0.2) is 19.8 Å². The predicted octanol–water partition coefficient (Wildman–Crippen LogP) is 4.24. The van der Waals surface area contributed by atoms with Gasteiger partial charge in [0.2, 0.25) is 5.95 Å². The molecule has 11 nitrogen and oxygen atoms in total. The molecule has 0 aromatic carbocycles. The van der Waals surface area contributed by atoms with Gasteiger partial charge in [0.1, 0.15) is 16.7 Å². The Morgan fingerprint density at radius 1 is 1.24 bits per heavy atom. The van der Waals surface area contributed by atoms with E-state index in [1.807, 2.05) is 51.6 Å². The van der Waals surface area contributed by atoms with Crippen molar-refractivity contribution in [3.8, 4) is 6.07 Å². The molecule has 0 unspecified atom stereocenters. The molecule has 1 fully saturated rings. The SMILES string of the molecule is CN(C)/C=N/c1sc2c(c1C#N)[C@@](C)(C(=O)C=C(N)c1ccnc(N3CCCN(C(=O)OC(C)(C)C)CC3)n1)CCC2. The highest BCUT2D eigenvalue weighted by atomic mass is 32.1. The lowest BCUT2D eigenvalue weighted by atomic mass is 9.69. The number of aliphatic imine (C=N–C) groups is 1. The van der Waals surface area contributed by atoms with Crippen LogP contribution >= 0.6 is 11.3 Å². The van der Waals surface area contributed by atoms with Gasteiger partial charge in [-0.1, -0.05) is 0 Å². The van der Waals surface area contributed by atoms with Crippen molar-refractivity contribution >= 4 is 46.2 Å². The van der Waals surface area contributed by atoms with Crippen LogP contribution in [-0.2, 0) is 21.4 Å². The number of fused-ring (bicyclic) bond motifs is 1. The largest absolute Gasteiger partial charge is 0.444 e. The standard InChI is InChI=1S/C30H40N8O3S/c1-29(2,3)41-28(40)38-14-8-13-37(15-16-38)27-33-12-10-22(35-27)21(32)17-24(39)30(4)11-7-9-23-25(30)20(18-31)26(42-23)34-19-36(5)6/h10,12,17,19H,7-9,11,13-16,32H2,1-6H3/b21-17?,34-19+/t30-/m1/s1. The first-order chi connectivity index (χ1) is 19.8. The number of thiophene rings is 1. The van der Waals surface area contributed by atoms with Crippen LogP contribution in [0.2, 0.25) is 0 Å². The lowest BCUT2D eigenvalue weighted by Crippen LogP contribution is -2.39. The average Bonchev–Trinajstić information content (AvgIpc) is 3.11. The molecule has 1 aliphatic carbocycles. The lowest BCUT2D eigenvalue weighted by Gasteiger charge is -2.32. The minimum absolute atomic E-state index is 0.165. The Kier molecular flexibility index (Phi) is 9.21. The maximum absolute atomic E-state index is 13.8. The maximum Gasteiger partial charge on any atom is 0.410 e. The Hall–Kier alpha value is -3.98. The monoisotopic (exact) mass is 592 g/mol. The van der Waals surface area contributed by atoms with Crippen LogP contribution in [0.5, 0.6) is 0 Å². The molecule has 2 aliphatic rings. The second-order valence-corrected chi connectivity index (χ2v) is 13.2. The Bertz CT molecular complexity index is 1430. The van der Waals surface area contributed by atoms with Gasteiger partial charge in [-0.2, -0.15) is 5.26 Å². The number of carbonyl (C=O) groups excluding carboxylic acids is 2. The van der Waals surface area contributed by atoms with E-state index < -0.39 is 11.0 Å². The van der Waals surface area contributed by atoms with E-state index in [0.717, 1.165) is 29.7 Å². The third-order valence-electron chi connectivity index (χ3n) is 7.31. The number of aromatic nitrogens is 2. The topological polar surface area (TPSA) is 141 Å². The molecule has 1 amide bonds. The number of anilines is 1. The molecule has 2 aromatic rings. The van der Waals surface area contributed by atoms with Crippen molar-refractivity contribution in [3.63, 3.8) is 0 Å². The van der Waals surface area contributed by atoms with E-state index in [1.165, 1.54) is 17.4 Å². The molecule has 224 valence electrons. The Morgan fingerprint density at radius 2 is 2.00 bits per heavy atom. The van der Waals surface area contributed by atoms with Gasteiger partial charge in [-0.3, -0.25) is 4.79 Å². The Balaban J connectivity index is 1.54. The smallest absolute Gasteiger partial charge is 0.410 e. The van der Waals surface area contributed by atoms with Gasteiger partial charge >= 0.3 is 6.09 Å². The van der Waals surface area contributed by atoms with Crippen LogP contribution in [0.15, 0.2) is 23.3 Å². The molecule has 1 aliphatic heterocycles. The minimum Gasteiger partial charge on any atom is -0.444 e. The molecule has 42 heavy (non-hydrogen) atoms. The number of allylic oxidation sites excluding steroid dienone is 1. The number of aryl methyl sites for hydroxylation is 1. The number of hydrogen-bond acceptors (Lipinski definition) is 10. The highest BCUT2D eigenvalue weighted by molar-refractivity contribution is 7.16. The summed E-state index contributed by atoms with van der Waals surface area (Å²) in [7, 11) is 3.74. The summed E-state index contributed by atoms with van der Waals surface area (Å²) >= 11 is 1.48. The van der Waals surface area contributed by atoms with Gasteiger partial charge in [0.15, 0.2) is 5.78 Å².